The van der Waals surface area contributed by atoms with Crippen LogP contribution >= 0.6 is 23.2 Å². The number of fused-ring (bicyclic) bond motifs is 4. The molecule has 1 N–H and O–H groups in total. The third-order valence-electron chi connectivity index (χ3n) is 8.97. The van der Waals surface area contributed by atoms with E-state index >= 15 is 0 Å². The molecule has 11 nitrogen and oxygen atoms in total. The number of nitro benzene ring substituents is 1. The molecule has 2 aromatic rings. The molecule has 0 spiro atoms. The molecule has 4 aliphatic rings. The largest absolute Gasteiger partial charge is 0.504 e. The number of nitrogens with zero attached hydrogens (tertiary/aromatic N) is 3. The van der Waals surface area contributed by atoms with Crippen molar-refractivity contribution in [1.29, 1.82) is 0 Å². The third kappa shape index (κ3) is 3.53. The maximum absolute atomic E-state index is 14.0. The lowest BCUT2D eigenvalue weighted by Gasteiger charge is -2.50. The summed E-state index contributed by atoms with van der Waals surface area (Å²) in [5.74, 6) is -6.28. The molecule has 2 saturated heterocycles. The molecule has 218 valence electrons. The Morgan fingerprint density at radius 2 is 1.74 bits per heavy atom. The van der Waals surface area contributed by atoms with Gasteiger partial charge in [-0.1, -0.05) is 23.8 Å². The number of benzene rings is 2. The van der Waals surface area contributed by atoms with Gasteiger partial charge >= 0.3 is 0 Å². The lowest BCUT2D eigenvalue weighted by molar-refractivity contribution is -0.384. The summed E-state index contributed by atoms with van der Waals surface area (Å²) in [6.45, 7) is 1.99. The second-order valence-corrected chi connectivity index (χ2v) is 12.2. The van der Waals surface area contributed by atoms with Gasteiger partial charge in [0, 0.05) is 30.7 Å². The lowest BCUT2D eigenvalue weighted by Crippen LogP contribution is -2.60. The molecule has 13 heteroatoms. The number of alkyl halides is 2. The highest BCUT2D eigenvalue weighted by Gasteiger charge is 2.76. The average Bonchev–Trinajstić information content (AvgIpc) is 3.29. The maximum atomic E-state index is 14.0. The van der Waals surface area contributed by atoms with Crippen molar-refractivity contribution >= 4 is 58.2 Å². The number of carbonyl (C=O) groups is 4. The molecule has 6 atom stereocenters. The van der Waals surface area contributed by atoms with Crippen molar-refractivity contribution in [3.8, 4) is 11.5 Å². The van der Waals surface area contributed by atoms with Crippen LogP contribution in [-0.2, 0) is 19.2 Å². The first-order valence-electron chi connectivity index (χ1n) is 13.4. The molecule has 0 aromatic heterocycles. The van der Waals surface area contributed by atoms with Gasteiger partial charge in [-0.25, -0.2) is 0 Å². The molecule has 4 amide bonds. The van der Waals surface area contributed by atoms with Gasteiger partial charge in [-0.3, -0.25) is 39.1 Å². The maximum Gasteiger partial charge on any atom is 0.269 e. The quantitative estimate of drug-likeness (QED) is 0.176. The minimum atomic E-state index is -2.04. The summed E-state index contributed by atoms with van der Waals surface area (Å²) in [7, 11) is 1.28. The van der Waals surface area contributed by atoms with Gasteiger partial charge in [-0.05, 0) is 43.9 Å². The first-order valence-corrected chi connectivity index (χ1v) is 14.1. The zero-order valence-corrected chi connectivity index (χ0v) is 24.0. The fourth-order valence-corrected chi connectivity index (χ4v) is 8.12. The second kappa shape index (κ2) is 9.53. The van der Waals surface area contributed by atoms with E-state index in [9.17, 15) is 34.4 Å². The molecular weight excluding hydrogens is 589 g/mol. The molecule has 6 rings (SSSR count). The standard InChI is InChI=1S/C29H25Cl2N3O8/c1-3-42-20-6-4-5-18(23(20)35)22-16-11-12-17-21(19(16)13-28(30)26(38)32(2)27(39)29(22,28)31)25(37)33(24(17)36)14-7-9-15(10-8-14)34(40)41/h4-11,17,19,21-22,35H,3,12-13H2,1-2H3/t17-,19+,21-,22+,28+,29-/m0/s1. The van der Waals surface area contributed by atoms with E-state index in [0.29, 0.717) is 5.57 Å². The SMILES string of the molecule is CCOc1cccc([C@H]2C3=CC[C@@H]4C(=O)N(c5ccc([N+](=O)[O-])cc5)C(=O)[C@@H]4[C@@H]3C[C@@]3(Cl)C(=O)N(C)C(=O)[C@@]23Cl)c1O. The number of likely N-dealkylation sites (tertiary alicyclic amines) is 1. The van der Waals surface area contributed by atoms with Crippen LogP contribution in [0.1, 0.15) is 31.2 Å². The van der Waals surface area contributed by atoms with Crippen LogP contribution in [0.4, 0.5) is 11.4 Å². The number of halogens is 2. The van der Waals surface area contributed by atoms with E-state index in [4.69, 9.17) is 27.9 Å². The van der Waals surface area contributed by atoms with Crippen molar-refractivity contribution < 1.29 is 33.9 Å². The molecule has 2 aliphatic carbocycles. The molecule has 3 fully saturated rings. The predicted octanol–water partition coefficient (Wildman–Crippen LogP) is 3.89. The van der Waals surface area contributed by atoms with E-state index in [1.165, 1.54) is 31.3 Å². The van der Waals surface area contributed by atoms with Gasteiger partial charge in [-0.2, -0.15) is 0 Å². The van der Waals surface area contributed by atoms with Crippen molar-refractivity contribution in [2.45, 2.75) is 35.4 Å². The Hall–Kier alpha value is -3.96. The molecule has 0 unspecified atom stereocenters. The van der Waals surface area contributed by atoms with Crippen LogP contribution in [-0.4, -0.2) is 62.0 Å². The van der Waals surface area contributed by atoms with Gasteiger partial charge in [0.05, 0.1) is 29.1 Å². The monoisotopic (exact) mass is 613 g/mol. The predicted molar refractivity (Wildman–Crippen MR) is 150 cm³/mol. The van der Waals surface area contributed by atoms with Gasteiger partial charge in [0.2, 0.25) is 11.8 Å². The Balaban J connectivity index is 1.50. The summed E-state index contributed by atoms with van der Waals surface area (Å²) < 4.78 is 5.57. The average molecular weight is 614 g/mol. The summed E-state index contributed by atoms with van der Waals surface area (Å²) >= 11 is 14.3. The fourth-order valence-electron chi connectivity index (χ4n) is 7.11. The number of nitro groups is 1. The number of imide groups is 2. The third-order valence-corrected chi connectivity index (χ3v) is 10.4. The minimum absolute atomic E-state index is 0.132. The summed E-state index contributed by atoms with van der Waals surface area (Å²) in [6, 6.07) is 9.83. The highest BCUT2D eigenvalue weighted by atomic mass is 35.5. The number of allylic oxidation sites excluding steroid dienone is 2. The molecular formula is C29H25Cl2N3O8. The number of amides is 4. The molecule has 0 radical (unpaired) electrons. The molecule has 2 heterocycles. The Bertz CT molecular complexity index is 1610. The smallest absolute Gasteiger partial charge is 0.269 e. The van der Waals surface area contributed by atoms with E-state index in [1.807, 2.05) is 0 Å². The van der Waals surface area contributed by atoms with Crippen molar-refractivity contribution in [3.05, 3.63) is 69.8 Å². The highest BCUT2D eigenvalue weighted by Crippen LogP contribution is 2.66. The minimum Gasteiger partial charge on any atom is -0.504 e. The van der Waals surface area contributed by atoms with Crippen LogP contribution < -0.4 is 9.64 Å². The van der Waals surface area contributed by atoms with Gasteiger partial charge in [-0.15, -0.1) is 23.2 Å². The zero-order chi connectivity index (χ0) is 30.3. The van der Waals surface area contributed by atoms with Crippen LogP contribution in [0.25, 0.3) is 0 Å². The summed E-state index contributed by atoms with van der Waals surface area (Å²) in [4.78, 5) is 63.2. The number of non-ortho nitro benzene ring substituents is 1. The number of para-hydroxylation sites is 1. The second-order valence-electron chi connectivity index (χ2n) is 10.9. The molecule has 2 aliphatic heterocycles. The molecule has 2 aromatic carbocycles. The van der Waals surface area contributed by atoms with E-state index in [-0.39, 0.29) is 47.9 Å². The zero-order valence-electron chi connectivity index (χ0n) is 22.5. The van der Waals surface area contributed by atoms with Crippen LogP contribution in [0.3, 0.4) is 0 Å². The summed E-state index contributed by atoms with van der Waals surface area (Å²) in [5.41, 5.74) is 0.713. The van der Waals surface area contributed by atoms with Gasteiger partial charge < -0.3 is 9.84 Å². The number of carbonyl (C=O) groups excluding carboxylic acids is 4. The van der Waals surface area contributed by atoms with E-state index in [0.717, 1.165) is 9.80 Å². The normalized spacial score (nSPS) is 32.0. The molecule has 0 bridgehead atoms. The first kappa shape index (κ1) is 28.2. The number of phenols is 1. The van der Waals surface area contributed by atoms with Crippen molar-refractivity contribution in [2.75, 3.05) is 18.6 Å². The van der Waals surface area contributed by atoms with Crippen molar-refractivity contribution in [2.24, 2.45) is 17.8 Å². The number of hydrogen-bond acceptors (Lipinski definition) is 8. The summed E-state index contributed by atoms with van der Waals surface area (Å²) in [5, 5.41) is 22.4. The highest BCUT2D eigenvalue weighted by molar-refractivity contribution is 6.53. The van der Waals surface area contributed by atoms with Gasteiger partial charge in [0.15, 0.2) is 21.2 Å². The molecule has 1 saturated carbocycles. The fraction of sp³-hybridized carbons (Fsp3) is 0.379. The van der Waals surface area contributed by atoms with Crippen molar-refractivity contribution in [3.63, 3.8) is 0 Å². The van der Waals surface area contributed by atoms with Crippen LogP contribution in [0, 0.1) is 27.9 Å². The first-order chi connectivity index (χ1) is 19.9. The lowest BCUT2D eigenvalue weighted by atomic mass is 9.56. The van der Waals surface area contributed by atoms with E-state index in [2.05, 4.69) is 0 Å². The van der Waals surface area contributed by atoms with Gasteiger partial charge in [0.25, 0.3) is 17.5 Å². The Morgan fingerprint density at radius 1 is 1.05 bits per heavy atom. The van der Waals surface area contributed by atoms with E-state index < -0.39 is 62.0 Å². The van der Waals surface area contributed by atoms with Crippen LogP contribution in [0.2, 0.25) is 0 Å². The Kier molecular flexibility index (Phi) is 6.39. The Morgan fingerprint density at radius 3 is 2.38 bits per heavy atom. The van der Waals surface area contributed by atoms with Crippen LogP contribution in [0.5, 0.6) is 11.5 Å². The van der Waals surface area contributed by atoms with Crippen molar-refractivity contribution in [1.82, 2.24) is 4.90 Å². The summed E-state index contributed by atoms with van der Waals surface area (Å²) in [6.07, 6.45) is 1.69. The van der Waals surface area contributed by atoms with E-state index in [1.54, 1.807) is 31.2 Å². The number of phenolic OH excluding ortho intramolecular Hbond substituents is 1. The topological polar surface area (TPSA) is 147 Å². The number of ether oxygens (including phenoxy) is 1. The van der Waals surface area contributed by atoms with Gasteiger partial charge in [0.1, 0.15) is 0 Å². The number of rotatable bonds is 5. The van der Waals surface area contributed by atoms with Crippen LogP contribution in [0.15, 0.2) is 54.1 Å². The number of anilines is 1. The number of hydrogen-bond donors (Lipinski definition) is 1. The molecule has 42 heavy (non-hydrogen) atoms. The Labute approximate surface area is 249 Å². The number of aromatic hydroxyl groups is 1.